The second kappa shape index (κ2) is 9.42. The lowest BCUT2D eigenvalue weighted by atomic mass is 9.89. The van der Waals surface area contributed by atoms with E-state index in [-0.39, 0.29) is 17.5 Å². The first-order valence-electron chi connectivity index (χ1n) is 12.8. The smallest absolute Gasteiger partial charge is 0.272 e. The number of nitrogens with zero attached hydrogens (tertiary/aromatic N) is 4. The Morgan fingerprint density at radius 3 is 2.65 bits per heavy atom. The number of anilines is 2. The fourth-order valence-electron chi connectivity index (χ4n) is 5.46. The third-order valence-electron chi connectivity index (χ3n) is 7.34. The minimum Gasteiger partial charge on any atom is -0.497 e. The minimum atomic E-state index is -0.204. The number of nitrogens with one attached hydrogen (secondary N) is 3. The van der Waals surface area contributed by atoms with Gasteiger partial charge < -0.3 is 19.8 Å². The number of hydrogen-bond donors (Lipinski definition) is 3. The van der Waals surface area contributed by atoms with Crippen LogP contribution in [0.5, 0.6) is 5.88 Å². The Morgan fingerprint density at radius 2 is 1.88 bits per heavy atom. The van der Waals surface area contributed by atoms with Crippen LogP contribution in [0.4, 0.5) is 11.4 Å². The first-order valence-corrected chi connectivity index (χ1v) is 12.8. The Bertz CT molecular complexity index is 1860. The van der Waals surface area contributed by atoms with Gasteiger partial charge in [0.25, 0.3) is 5.56 Å². The monoisotopic (exact) mass is 531 g/mol. The topological polar surface area (TPSA) is 119 Å². The summed E-state index contributed by atoms with van der Waals surface area (Å²) < 4.78 is 12.9. The zero-order valence-corrected chi connectivity index (χ0v) is 21.8. The normalized spacial score (nSPS) is 17.1. The van der Waals surface area contributed by atoms with Crippen molar-refractivity contribution in [2.75, 3.05) is 25.0 Å². The van der Waals surface area contributed by atoms with Gasteiger partial charge in [-0.1, -0.05) is 6.08 Å². The SMILES string of the molecule is COC1=CC2c3c(Nn4cc(-c5ccncc5)c5ccc(OC)nc54)c(-c4cccnc4)[nH]c(=O)c3NC2C=C1. The maximum Gasteiger partial charge on any atom is 0.272 e. The summed E-state index contributed by atoms with van der Waals surface area (Å²) in [6.07, 6.45) is 14.9. The zero-order chi connectivity index (χ0) is 27.2. The summed E-state index contributed by atoms with van der Waals surface area (Å²) in [5.74, 6) is 1.09. The Balaban J connectivity index is 1.48. The fraction of sp³-hybridized carbons (Fsp3) is 0.133. The van der Waals surface area contributed by atoms with E-state index in [2.05, 4.69) is 25.7 Å². The van der Waals surface area contributed by atoms with E-state index in [4.69, 9.17) is 14.5 Å². The van der Waals surface area contributed by atoms with Crippen molar-refractivity contribution in [2.45, 2.75) is 12.0 Å². The van der Waals surface area contributed by atoms with Crippen LogP contribution in [0.1, 0.15) is 11.5 Å². The number of aromatic nitrogens is 5. The van der Waals surface area contributed by atoms with Crippen molar-refractivity contribution in [1.82, 2.24) is 24.6 Å². The van der Waals surface area contributed by atoms with E-state index in [9.17, 15) is 4.79 Å². The van der Waals surface area contributed by atoms with E-state index >= 15 is 0 Å². The minimum absolute atomic E-state index is 0.0910. The molecule has 2 unspecified atom stereocenters. The molecular weight excluding hydrogens is 506 g/mol. The predicted octanol–water partition coefficient (Wildman–Crippen LogP) is 4.71. The maximum atomic E-state index is 13.4. The number of aromatic amines is 1. The van der Waals surface area contributed by atoms with Crippen LogP contribution >= 0.6 is 0 Å². The molecule has 198 valence electrons. The van der Waals surface area contributed by atoms with Gasteiger partial charge in [0.1, 0.15) is 11.4 Å². The summed E-state index contributed by atoms with van der Waals surface area (Å²) in [5, 5.41) is 4.33. The lowest BCUT2D eigenvalue weighted by molar-refractivity contribution is 0.302. The van der Waals surface area contributed by atoms with Gasteiger partial charge in [-0.25, -0.2) is 4.68 Å². The van der Waals surface area contributed by atoms with Gasteiger partial charge in [-0.3, -0.25) is 20.2 Å². The molecule has 0 radical (unpaired) electrons. The number of rotatable bonds is 6. The van der Waals surface area contributed by atoms with E-state index in [1.165, 1.54) is 0 Å². The fourth-order valence-corrected chi connectivity index (χ4v) is 5.46. The maximum absolute atomic E-state index is 13.4. The van der Waals surface area contributed by atoms with Crippen molar-refractivity contribution >= 4 is 22.4 Å². The molecule has 1 aliphatic heterocycles. The number of H-pyrrole nitrogens is 1. The van der Waals surface area contributed by atoms with Gasteiger partial charge in [-0.15, -0.1) is 0 Å². The van der Waals surface area contributed by atoms with Gasteiger partial charge in [0.2, 0.25) is 5.88 Å². The molecule has 7 rings (SSSR count). The number of allylic oxidation sites excluding steroid dienone is 1. The number of hydrogen-bond acceptors (Lipinski definition) is 8. The van der Waals surface area contributed by atoms with Crippen molar-refractivity contribution in [1.29, 1.82) is 0 Å². The molecule has 3 N–H and O–H groups in total. The van der Waals surface area contributed by atoms with Crippen molar-refractivity contribution in [3.05, 3.63) is 107 Å². The Kier molecular flexibility index (Phi) is 5.59. The third kappa shape index (κ3) is 3.80. The summed E-state index contributed by atoms with van der Waals surface area (Å²) in [7, 11) is 3.24. The molecule has 0 amide bonds. The first kappa shape index (κ1) is 23.7. The Labute approximate surface area is 229 Å². The van der Waals surface area contributed by atoms with E-state index in [1.807, 2.05) is 65.5 Å². The van der Waals surface area contributed by atoms with Crippen LogP contribution in [0.3, 0.4) is 0 Å². The highest BCUT2D eigenvalue weighted by atomic mass is 16.5. The van der Waals surface area contributed by atoms with Gasteiger partial charge in [-0.2, -0.15) is 4.98 Å². The Morgan fingerprint density at radius 1 is 1.00 bits per heavy atom. The van der Waals surface area contributed by atoms with Crippen LogP contribution in [0.15, 0.2) is 96.2 Å². The largest absolute Gasteiger partial charge is 0.497 e. The summed E-state index contributed by atoms with van der Waals surface area (Å²) >= 11 is 0. The molecule has 10 nitrogen and oxygen atoms in total. The first-order chi connectivity index (χ1) is 19.6. The summed E-state index contributed by atoms with van der Waals surface area (Å²) in [6, 6.07) is 11.4. The molecule has 1 aliphatic carbocycles. The second-order valence-electron chi connectivity index (χ2n) is 9.55. The van der Waals surface area contributed by atoms with Gasteiger partial charge >= 0.3 is 0 Å². The molecule has 6 heterocycles. The zero-order valence-electron chi connectivity index (χ0n) is 21.8. The quantitative estimate of drug-likeness (QED) is 0.288. The standard InChI is InChI=1S/C30H25N7O3/c1-39-19-5-7-23-21(14-19)25-27(26(18-4-3-11-32-15-18)35-30(38)28(25)33-23)36-37-16-22(17-9-12-31-13-10-17)20-6-8-24(40-2)34-29(20)37/h3-16,21,23,33,36H,1-2H3,(H,35,38). The number of ether oxygens (including phenoxy) is 2. The highest BCUT2D eigenvalue weighted by Gasteiger charge is 2.37. The van der Waals surface area contributed by atoms with Crippen molar-refractivity contribution in [2.24, 2.45) is 0 Å². The van der Waals surface area contributed by atoms with Crippen LogP contribution < -0.4 is 21.0 Å². The average Bonchev–Trinajstić information content (AvgIpc) is 3.57. The lowest BCUT2D eigenvalue weighted by Crippen LogP contribution is -2.20. The molecule has 0 aromatic carbocycles. The van der Waals surface area contributed by atoms with Crippen molar-refractivity contribution in [3.63, 3.8) is 0 Å². The molecule has 0 saturated heterocycles. The highest BCUT2D eigenvalue weighted by Crippen LogP contribution is 2.46. The number of fused-ring (bicyclic) bond motifs is 4. The summed E-state index contributed by atoms with van der Waals surface area (Å²) in [4.78, 5) is 29.8. The van der Waals surface area contributed by atoms with Gasteiger partial charge in [-0.05, 0) is 48.0 Å². The third-order valence-corrected chi connectivity index (χ3v) is 7.34. The lowest BCUT2D eigenvalue weighted by Gasteiger charge is -2.22. The molecular formula is C30H25N7O3. The van der Waals surface area contributed by atoms with Crippen molar-refractivity contribution < 1.29 is 9.47 Å². The summed E-state index contributed by atoms with van der Waals surface area (Å²) in [5.41, 5.74) is 9.51. The van der Waals surface area contributed by atoms with Crippen LogP contribution in [-0.2, 0) is 4.74 Å². The highest BCUT2D eigenvalue weighted by molar-refractivity contribution is 5.95. The molecule has 0 bridgehead atoms. The van der Waals surface area contributed by atoms with E-state index < -0.39 is 0 Å². The summed E-state index contributed by atoms with van der Waals surface area (Å²) in [6.45, 7) is 0. The van der Waals surface area contributed by atoms with Gasteiger partial charge in [0, 0.05) is 65.0 Å². The molecule has 0 saturated carbocycles. The van der Waals surface area contributed by atoms with Crippen LogP contribution in [-0.4, -0.2) is 44.9 Å². The van der Waals surface area contributed by atoms with Crippen LogP contribution in [0.2, 0.25) is 0 Å². The number of methoxy groups -OCH3 is 2. The average molecular weight is 532 g/mol. The Hall–Kier alpha value is -5.38. The molecule has 5 aromatic heterocycles. The van der Waals surface area contributed by atoms with E-state index in [0.717, 1.165) is 39.1 Å². The molecule has 0 fully saturated rings. The van der Waals surface area contributed by atoms with E-state index in [1.54, 1.807) is 39.0 Å². The second-order valence-corrected chi connectivity index (χ2v) is 9.55. The van der Waals surface area contributed by atoms with Crippen molar-refractivity contribution in [3.8, 4) is 28.3 Å². The molecule has 10 heteroatoms. The van der Waals surface area contributed by atoms with Crippen LogP contribution in [0, 0.1) is 0 Å². The predicted molar refractivity (Wildman–Crippen MR) is 153 cm³/mol. The molecule has 5 aromatic rings. The van der Waals surface area contributed by atoms with E-state index in [0.29, 0.717) is 22.9 Å². The van der Waals surface area contributed by atoms with Gasteiger partial charge in [0.15, 0.2) is 5.65 Å². The molecule has 2 aliphatic rings. The van der Waals surface area contributed by atoms with Gasteiger partial charge in [0.05, 0.1) is 31.6 Å². The molecule has 40 heavy (non-hydrogen) atoms. The molecule has 0 spiro atoms. The molecule has 2 atom stereocenters. The van der Waals surface area contributed by atoms with Crippen LogP contribution in [0.25, 0.3) is 33.4 Å². The number of pyridine rings is 4.